The minimum Gasteiger partial charge on any atom is -0.341 e. The maximum absolute atomic E-state index is 11.8. The Kier molecular flexibility index (Phi) is 5.63. The summed E-state index contributed by atoms with van der Waals surface area (Å²) in [5.41, 5.74) is 1.34. The molecule has 1 fully saturated rings. The highest BCUT2D eigenvalue weighted by Gasteiger charge is 2.20. The van der Waals surface area contributed by atoms with Gasteiger partial charge in [-0.2, -0.15) is 0 Å². The number of piperazine rings is 1. The molecule has 0 radical (unpaired) electrons. The Balaban J connectivity index is 1.52. The van der Waals surface area contributed by atoms with Gasteiger partial charge in [-0.3, -0.25) is 19.9 Å². The summed E-state index contributed by atoms with van der Waals surface area (Å²) in [4.78, 5) is 27.4. The molecule has 1 aliphatic rings. The normalized spacial score (nSPS) is 15.9. The standard InChI is InChI=1S/C19H24N4O2/c1-20-19(25)21-18(24)14-23-11-9-22(10-12-23)13-16-7-4-6-15-5-2-3-8-17(15)16/h2-8H,9-14H2,1H3,(H2,20,21,24,25). The van der Waals surface area contributed by atoms with E-state index in [0.29, 0.717) is 0 Å². The predicted molar refractivity (Wildman–Crippen MR) is 98.3 cm³/mol. The fraction of sp³-hybridized carbons (Fsp3) is 0.368. The average Bonchev–Trinajstić information content (AvgIpc) is 2.63. The number of amides is 3. The number of rotatable bonds is 4. The van der Waals surface area contributed by atoms with Crippen molar-refractivity contribution >= 4 is 22.7 Å². The Morgan fingerprint density at radius 1 is 0.960 bits per heavy atom. The molecule has 0 spiro atoms. The minimum atomic E-state index is -0.459. The van der Waals surface area contributed by atoms with E-state index in [1.54, 1.807) is 0 Å². The molecular weight excluding hydrogens is 316 g/mol. The first-order valence-corrected chi connectivity index (χ1v) is 8.58. The molecule has 2 N–H and O–H groups in total. The molecule has 6 heteroatoms. The molecule has 2 aromatic rings. The van der Waals surface area contributed by atoms with Crippen molar-refractivity contribution in [2.24, 2.45) is 0 Å². The van der Waals surface area contributed by atoms with Crippen molar-refractivity contribution < 1.29 is 9.59 Å². The number of urea groups is 1. The summed E-state index contributed by atoms with van der Waals surface area (Å²) in [5, 5.41) is 7.26. The van der Waals surface area contributed by atoms with Gasteiger partial charge in [0.1, 0.15) is 0 Å². The number of hydrogen-bond acceptors (Lipinski definition) is 4. The third-order valence-electron chi connectivity index (χ3n) is 4.59. The van der Waals surface area contributed by atoms with Crippen LogP contribution in [-0.2, 0) is 11.3 Å². The zero-order valence-electron chi connectivity index (χ0n) is 14.5. The lowest BCUT2D eigenvalue weighted by atomic mass is 10.0. The van der Waals surface area contributed by atoms with E-state index in [9.17, 15) is 9.59 Å². The van der Waals surface area contributed by atoms with Crippen molar-refractivity contribution in [3.8, 4) is 0 Å². The van der Waals surface area contributed by atoms with Gasteiger partial charge in [-0.25, -0.2) is 4.79 Å². The van der Waals surface area contributed by atoms with Gasteiger partial charge in [-0.15, -0.1) is 0 Å². The number of carbonyl (C=O) groups is 2. The van der Waals surface area contributed by atoms with Gasteiger partial charge in [-0.05, 0) is 16.3 Å². The van der Waals surface area contributed by atoms with Gasteiger partial charge in [0.2, 0.25) is 5.91 Å². The molecular formula is C19H24N4O2. The van der Waals surface area contributed by atoms with Crippen molar-refractivity contribution in [2.75, 3.05) is 39.8 Å². The summed E-state index contributed by atoms with van der Waals surface area (Å²) >= 11 is 0. The number of nitrogens with zero attached hydrogens (tertiary/aromatic N) is 2. The van der Waals surface area contributed by atoms with E-state index in [2.05, 4.69) is 62.9 Å². The lowest BCUT2D eigenvalue weighted by molar-refractivity contribution is -0.121. The third kappa shape index (κ3) is 4.55. The molecule has 1 aliphatic heterocycles. The molecule has 3 amide bonds. The number of benzene rings is 2. The van der Waals surface area contributed by atoms with Crippen LogP contribution in [-0.4, -0.2) is 61.5 Å². The predicted octanol–water partition coefficient (Wildman–Crippen LogP) is 1.41. The maximum Gasteiger partial charge on any atom is 0.321 e. The quantitative estimate of drug-likeness (QED) is 0.883. The first kappa shape index (κ1) is 17.4. The monoisotopic (exact) mass is 340 g/mol. The molecule has 6 nitrogen and oxygen atoms in total. The Morgan fingerprint density at radius 3 is 2.40 bits per heavy atom. The lowest BCUT2D eigenvalue weighted by Gasteiger charge is -2.34. The highest BCUT2D eigenvalue weighted by atomic mass is 16.2. The highest BCUT2D eigenvalue weighted by molar-refractivity contribution is 5.95. The van der Waals surface area contributed by atoms with E-state index >= 15 is 0 Å². The summed E-state index contributed by atoms with van der Waals surface area (Å²) in [6.45, 7) is 4.65. The average molecular weight is 340 g/mol. The SMILES string of the molecule is CNC(=O)NC(=O)CN1CCN(Cc2cccc3ccccc23)CC1. The molecule has 0 saturated carbocycles. The number of imide groups is 1. The first-order chi connectivity index (χ1) is 12.2. The molecule has 25 heavy (non-hydrogen) atoms. The van der Waals surface area contributed by atoms with E-state index in [1.165, 1.54) is 23.4 Å². The third-order valence-corrected chi connectivity index (χ3v) is 4.59. The van der Waals surface area contributed by atoms with Gasteiger partial charge in [0.25, 0.3) is 0 Å². The highest BCUT2D eigenvalue weighted by Crippen LogP contribution is 2.20. The second kappa shape index (κ2) is 8.09. The summed E-state index contributed by atoms with van der Waals surface area (Å²) in [5.74, 6) is -0.262. The van der Waals surface area contributed by atoms with Crippen LogP contribution >= 0.6 is 0 Å². The first-order valence-electron chi connectivity index (χ1n) is 8.58. The van der Waals surface area contributed by atoms with Gasteiger partial charge in [0, 0.05) is 39.8 Å². The molecule has 3 rings (SSSR count). The number of hydrogen-bond donors (Lipinski definition) is 2. The van der Waals surface area contributed by atoms with E-state index in [-0.39, 0.29) is 12.5 Å². The van der Waals surface area contributed by atoms with Crippen molar-refractivity contribution in [1.29, 1.82) is 0 Å². The number of fused-ring (bicyclic) bond motifs is 1. The fourth-order valence-electron chi connectivity index (χ4n) is 3.21. The van der Waals surface area contributed by atoms with Crippen LogP contribution in [0, 0.1) is 0 Å². The minimum absolute atomic E-state index is 0.259. The van der Waals surface area contributed by atoms with Crippen molar-refractivity contribution in [2.45, 2.75) is 6.54 Å². The summed E-state index contributed by atoms with van der Waals surface area (Å²) < 4.78 is 0. The van der Waals surface area contributed by atoms with E-state index < -0.39 is 6.03 Å². The Hall–Kier alpha value is -2.44. The lowest BCUT2D eigenvalue weighted by Crippen LogP contribution is -2.50. The molecule has 0 bridgehead atoms. The van der Waals surface area contributed by atoms with Gasteiger partial charge >= 0.3 is 6.03 Å². The molecule has 0 unspecified atom stereocenters. The van der Waals surface area contributed by atoms with Crippen LogP contribution in [0.3, 0.4) is 0 Å². The smallest absolute Gasteiger partial charge is 0.321 e. The van der Waals surface area contributed by atoms with Gasteiger partial charge in [0.05, 0.1) is 6.54 Å². The Bertz CT molecular complexity index is 749. The van der Waals surface area contributed by atoms with Gasteiger partial charge in [0.15, 0.2) is 0 Å². The zero-order chi connectivity index (χ0) is 17.6. The van der Waals surface area contributed by atoms with E-state index in [4.69, 9.17) is 0 Å². The molecule has 0 aliphatic carbocycles. The fourth-order valence-corrected chi connectivity index (χ4v) is 3.21. The molecule has 1 saturated heterocycles. The molecule has 132 valence electrons. The zero-order valence-corrected chi connectivity index (χ0v) is 14.5. The van der Waals surface area contributed by atoms with E-state index in [0.717, 1.165) is 32.7 Å². The van der Waals surface area contributed by atoms with Crippen LogP contribution < -0.4 is 10.6 Å². The molecule has 0 aromatic heterocycles. The van der Waals surface area contributed by atoms with Crippen molar-refractivity contribution in [1.82, 2.24) is 20.4 Å². The summed E-state index contributed by atoms with van der Waals surface area (Å²) in [6, 6.07) is 14.4. The number of carbonyl (C=O) groups excluding carboxylic acids is 2. The van der Waals surface area contributed by atoms with E-state index in [1.807, 2.05) is 0 Å². The van der Waals surface area contributed by atoms with Crippen LogP contribution in [0.4, 0.5) is 4.79 Å². The second-order valence-corrected chi connectivity index (χ2v) is 6.32. The van der Waals surface area contributed by atoms with Crippen molar-refractivity contribution in [3.63, 3.8) is 0 Å². The summed E-state index contributed by atoms with van der Waals surface area (Å²) in [7, 11) is 1.49. The second-order valence-electron chi connectivity index (χ2n) is 6.32. The van der Waals surface area contributed by atoms with Gasteiger partial charge < -0.3 is 5.32 Å². The van der Waals surface area contributed by atoms with Crippen LogP contribution in [0.5, 0.6) is 0 Å². The largest absolute Gasteiger partial charge is 0.341 e. The van der Waals surface area contributed by atoms with Crippen LogP contribution in [0.2, 0.25) is 0 Å². The topological polar surface area (TPSA) is 64.7 Å². The van der Waals surface area contributed by atoms with Crippen molar-refractivity contribution in [3.05, 3.63) is 48.0 Å². The van der Waals surface area contributed by atoms with Crippen LogP contribution in [0.15, 0.2) is 42.5 Å². The number of nitrogens with one attached hydrogen (secondary N) is 2. The Morgan fingerprint density at radius 2 is 1.64 bits per heavy atom. The maximum atomic E-state index is 11.8. The molecule has 0 atom stereocenters. The summed E-state index contributed by atoms with van der Waals surface area (Å²) in [6.07, 6.45) is 0. The van der Waals surface area contributed by atoms with Crippen LogP contribution in [0.1, 0.15) is 5.56 Å². The van der Waals surface area contributed by atoms with Crippen LogP contribution in [0.25, 0.3) is 10.8 Å². The molecule has 1 heterocycles. The Labute approximate surface area is 147 Å². The molecule has 2 aromatic carbocycles. The van der Waals surface area contributed by atoms with Gasteiger partial charge in [-0.1, -0.05) is 42.5 Å².